The zero-order chi connectivity index (χ0) is 22.1. The van der Waals surface area contributed by atoms with Crippen molar-refractivity contribution in [3.63, 3.8) is 0 Å². The highest BCUT2D eigenvalue weighted by atomic mass is 16.6. The lowest BCUT2D eigenvalue weighted by molar-refractivity contribution is -0.163. The number of amides is 1. The molecule has 0 unspecified atom stereocenters. The Morgan fingerprint density at radius 3 is 2.28 bits per heavy atom. The third-order valence-corrected chi connectivity index (χ3v) is 3.43. The summed E-state index contributed by atoms with van der Waals surface area (Å²) in [4.78, 5) is 27.8. The third kappa shape index (κ3) is 15.6. The molecule has 7 nitrogen and oxygen atoms in total. The lowest BCUT2D eigenvalue weighted by atomic mass is 10.2. The van der Waals surface area contributed by atoms with Crippen molar-refractivity contribution in [3.05, 3.63) is 29.6 Å². The topological polar surface area (TPSA) is 92.3 Å². The molecule has 1 aromatic rings. The molecule has 0 atom stereocenters. The molecule has 0 aliphatic heterocycles. The Labute approximate surface area is 179 Å². The summed E-state index contributed by atoms with van der Waals surface area (Å²) >= 11 is 0. The number of unbranched alkanes of at least 4 members (excludes halogenated alkanes) is 1. The van der Waals surface area contributed by atoms with Gasteiger partial charge in [0.15, 0.2) is 0 Å². The number of nitrogens with zero attached hydrogens (tertiary/aromatic N) is 1. The minimum Gasteiger partial charge on any atom is -0.453 e. The van der Waals surface area contributed by atoms with Crippen LogP contribution in [0.15, 0.2) is 18.3 Å². The molecule has 0 radical (unpaired) electrons. The normalized spacial score (nSPS) is 10.7. The van der Waals surface area contributed by atoms with Crippen LogP contribution in [0, 0.1) is 0 Å². The van der Waals surface area contributed by atoms with Gasteiger partial charge in [-0.1, -0.05) is 27.2 Å². The molecule has 29 heavy (non-hydrogen) atoms. The first-order valence-corrected chi connectivity index (χ1v) is 10.6. The van der Waals surface area contributed by atoms with Crippen LogP contribution in [0.4, 0.5) is 0 Å². The minimum absolute atomic E-state index is 0. The molecule has 170 valence electrons. The van der Waals surface area contributed by atoms with Crippen molar-refractivity contribution >= 4 is 11.9 Å². The molecule has 0 aliphatic rings. The maximum atomic E-state index is 11.8. The van der Waals surface area contributed by atoms with Crippen LogP contribution in [-0.4, -0.2) is 42.1 Å². The van der Waals surface area contributed by atoms with Gasteiger partial charge < -0.3 is 20.7 Å². The quantitative estimate of drug-likeness (QED) is 0.310. The molecule has 0 aliphatic carbocycles. The van der Waals surface area contributed by atoms with Gasteiger partial charge in [-0.2, -0.15) is 0 Å². The number of pyridine rings is 1. The van der Waals surface area contributed by atoms with E-state index in [9.17, 15) is 9.59 Å². The number of rotatable bonds is 10. The summed E-state index contributed by atoms with van der Waals surface area (Å²) in [5.74, 6) is -1.61. The van der Waals surface area contributed by atoms with Crippen molar-refractivity contribution in [3.8, 4) is 0 Å². The van der Waals surface area contributed by atoms with Crippen LogP contribution in [0.3, 0.4) is 0 Å². The number of esters is 1. The molecule has 0 bridgehead atoms. The van der Waals surface area contributed by atoms with Crippen LogP contribution < -0.4 is 16.0 Å². The van der Waals surface area contributed by atoms with Crippen molar-refractivity contribution in [2.75, 3.05) is 19.6 Å². The van der Waals surface area contributed by atoms with E-state index in [-0.39, 0.29) is 9.40 Å². The number of aromatic nitrogens is 1. The summed E-state index contributed by atoms with van der Waals surface area (Å²) in [6.07, 6.45) is 5.21. The largest absolute Gasteiger partial charge is 0.453 e. The molecule has 0 fully saturated rings. The Morgan fingerprint density at radius 2 is 1.69 bits per heavy atom. The Bertz CT molecular complexity index is 596. The van der Waals surface area contributed by atoms with Crippen molar-refractivity contribution in [1.29, 1.82) is 0 Å². The van der Waals surface area contributed by atoms with Gasteiger partial charge in [-0.05, 0) is 70.9 Å². The van der Waals surface area contributed by atoms with Crippen molar-refractivity contribution in [1.82, 2.24) is 20.9 Å². The lowest BCUT2D eigenvalue weighted by Crippen LogP contribution is -2.36. The van der Waals surface area contributed by atoms with Crippen LogP contribution in [0.2, 0.25) is 0 Å². The molecule has 1 rings (SSSR count). The molecule has 1 aromatic heterocycles. The number of carbonyl (C=O) groups excluding carboxylic acids is 2. The van der Waals surface area contributed by atoms with Gasteiger partial charge in [0.05, 0.1) is 5.69 Å². The first-order chi connectivity index (χ1) is 13.7. The molecule has 3 N–H and O–H groups in total. The highest BCUT2D eigenvalue weighted by Gasteiger charge is 2.22. The second-order valence-electron chi connectivity index (χ2n) is 7.78. The van der Waals surface area contributed by atoms with E-state index in [1.807, 2.05) is 12.1 Å². The molecule has 1 heterocycles. The summed E-state index contributed by atoms with van der Waals surface area (Å²) in [6, 6.07) is 3.73. The first kappa shape index (κ1) is 27.0. The van der Waals surface area contributed by atoms with E-state index < -0.39 is 17.5 Å². The molecular formula is C22H44N4O3. The summed E-state index contributed by atoms with van der Waals surface area (Å²) in [6.45, 7) is 15.4. The Morgan fingerprint density at radius 1 is 1.07 bits per heavy atom. The molecule has 0 saturated carbocycles. The molecule has 0 aromatic carbocycles. The fourth-order valence-corrected chi connectivity index (χ4v) is 2.21. The summed E-state index contributed by atoms with van der Waals surface area (Å²) < 4.78 is 5.03. The van der Waals surface area contributed by atoms with E-state index in [4.69, 9.17) is 4.74 Å². The van der Waals surface area contributed by atoms with E-state index in [0.717, 1.165) is 43.7 Å². The van der Waals surface area contributed by atoms with Gasteiger partial charge in [0.2, 0.25) is 0 Å². The standard InChI is InChI=1S/C19H32N4O3.C3H8.2H2/c1-5-20-9-6-7-10-21-14-16-12-15(8-11-22-16)13-23-17(24)18(25)26-19(2,3)4;1-3-2;;/h8,11-12,20-21H,5-7,9-10,13-14H2,1-4H3,(H,23,24);3H2,1-2H3;2*1H. The molecular weight excluding hydrogens is 368 g/mol. The first-order valence-electron chi connectivity index (χ1n) is 10.6. The van der Waals surface area contributed by atoms with Gasteiger partial charge >= 0.3 is 11.9 Å². The summed E-state index contributed by atoms with van der Waals surface area (Å²) in [5, 5.41) is 9.24. The van der Waals surface area contributed by atoms with Gasteiger partial charge in [0, 0.05) is 22.1 Å². The molecule has 7 heteroatoms. The Hall–Kier alpha value is -1.99. The van der Waals surface area contributed by atoms with Crippen molar-refractivity contribution < 1.29 is 17.2 Å². The maximum Gasteiger partial charge on any atom is 0.397 e. The average Bonchev–Trinajstić information content (AvgIpc) is 2.65. The van der Waals surface area contributed by atoms with Crippen LogP contribution in [0.5, 0.6) is 0 Å². The third-order valence-electron chi connectivity index (χ3n) is 3.43. The highest BCUT2D eigenvalue weighted by Crippen LogP contribution is 2.07. The number of carbonyl (C=O) groups is 2. The predicted molar refractivity (Wildman–Crippen MR) is 122 cm³/mol. The van der Waals surface area contributed by atoms with E-state index in [1.54, 1.807) is 27.0 Å². The van der Waals surface area contributed by atoms with E-state index in [0.29, 0.717) is 6.54 Å². The molecule has 0 spiro atoms. The Balaban J connectivity index is -0.00000148. The fraction of sp³-hybridized carbons (Fsp3) is 0.682. The van der Waals surface area contributed by atoms with Gasteiger partial charge in [-0.3, -0.25) is 9.78 Å². The summed E-state index contributed by atoms with van der Waals surface area (Å²) in [7, 11) is 0. The van der Waals surface area contributed by atoms with Crippen LogP contribution in [-0.2, 0) is 27.4 Å². The van der Waals surface area contributed by atoms with Gasteiger partial charge in [-0.15, -0.1) is 0 Å². The number of hydrogen-bond acceptors (Lipinski definition) is 6. The number of hydrogen-bond donors (Lipinski definition) is 3. The smallest absolute Gasteiger partial charge is 0.397 e. The number of nitrogens with one attached hydrogen (secondary N) is 3. The van der Waals surface area contributed by atoms with E-state index in [2.05, 4.69) is 41.7 Å². The fourth-order valence-electron chi connectivity index (χ4n) is 2.21. The SMILES string of the molecule is CCC.CCNCCCCNCc1cc(CNC(=O)C(=O)OC(C)(C)C)ccn1.[HH].[HH]. The highest BCUT2D eigenvalue weighted by molar-refractivity contribution is 6.32. The second-order valence-corrected chi connectivity index (χ2v) is 7.78. The van der Waals surface area contributed by atoms with Crippen LogP contribution in [0.1, 0.15) is 74.9 Å². The Kier molecular flexibility index (Phi) is 14.8. The number of ether oxygens (including phenoxy) is 1. The predicted octanol–water partition coefficient (Wildman–Crippen LogP) is 3.43. The molecule has 1 amide bonds. The second kappa shape index (κ2) is 15.9. The van der Waals surface area contributed by atoms with Gasteiger partial charge in [0.25, 0.3) is 0 Å². The van der Waals surface area contributed by atoms with E-state index >= 15 is 0 Å². The van der Waals surface area contributed by atoms with Crippen molar-refractivity contribution in [2.24, 2.45) is 0 Å². The van der Waals surface area contributed by atoms with Gasteiger partial charge in [-0.25, -0.2) is 4.79 Å². The van der Waals surface area contributed by atoms with Crippen LogP contribution in [0.25, 0.3) is 0 Å². The maximum absolute atomic E-state index is 11.8. The average molecular weight is 413 g/mol. The van der Waals surface area contributed by atoms with Crippen LogP contribution >= 0.6 is 0 Å². The minimum atomic E-state index is -0.869. The van der Waals surface area contributed by atoms with Gasteiger partial charge in [0.1, 0.15) is 5.60 Å². The zero-order valence-corrected chi connectivity index (χ0v) is 19.1. The monoisotopic (exact) mass is 412 g/mol. The lowest BCUT2D eigenvalue weighted by Gasteiger charge is -2.18. The van der Waals surface area contributed by atoms with E-state index in [1.165, 1.54) is 6.42 Å². The zero-order valence-electron chi connectivity index (χ0n) is 19.1. The summed E-state index contributed by atoms with van der Waals surface area (Å²) in [5.41, 5.74) is 1.11. The van der Waals surface area contributed by atoms with Crippen molar-refractivity contribution in [2.45, 2.75) is 79.5 Å². The molecule has 0 saturated heterocycles.